The van der Waals surface area contributed by atoms with E-state index in [-0.39, 0.29) is 21.2 Å². The van der Waals surface area contributed by atoms with Crippen molar-refractivity contribution in [3.8, 4) is 17.0 Å². The number of carboxylic acid groups (broad SMARTS) is 1. The molecule has 3 rings (SSSR count). The van der Waals surface area contributed by atoms with E-state index >= 15 is 0 Å². The molecule has 2 aromatic carbocycles. The molecule has 202 valence electrons. The second kappa shape index (κ2) is 14.3. The number of carboxylic acids is 1. The number of benzene rings is 2. The first-order valence-electron chi connectivity index (χ1n) is 12.2. The standard InChI is InChI=1S/C28H30Cl2N2O5S/c1-4-5-11-37-12-7-9-18-8-6-10-20(25(18)36-3)24-16-38-28(31-24)32-26(33)19-14-22(29)21(23(30)15-19)13-17(2)27(34)35/h6,8,10,13-16H,4-5,7,9,11-12H2,1-3H3,(H,34,35)(H,31,32,33). The van der Waals surface area contributed by atoms with Gasteiger partial charge in [-0.1, -0.05) is 48.7 Å². The minimum atomic E-state index is -1.09. The van der Waals surface area contributed by atoms with E-state index in [1.807, 2.05) is 23.6 Å². The Balaban J connectivity index is 1.73. The van der Waals surface area contributed by atoms with Gasteiger partial charge in [0, 0.05) is 40.9 Å². The van der Waals surface area contributed by atoms with E-state index in [9.17, 15) is 9.59 Å². The van der Waals surface area contributed by atoms with Crippen LogP contribution < -0.4 is 10.1 Å². The third-order valence-corrected chi connectivity index (χ3v) is 7.10. The van der Waals surface area contributed by atoms with Gasteiger partial charge in [-0.05, 0) is 56.0 Å². The number of anilines is 1. The third kappa shape index (κ3) is 7.80. The number of ether oxygens (including phenoxy) is 2. The van der Waals surface area contributed by atoms with Crippen LogP contribution in [0, 0.1) is 0 Å². The molecule has 38 heavy (non-hydrogen) atoms. The lowest BCUT2D eigenvalue weighted by atomic mass is 10.0. The van der Waals surface area contributed by atoms with Crippen LogP contribution in [0.3, 0.4) is 0 Å². The topological polar surface area (TPSA) is 97.8 Å². The van der Waals surface area contributed by atoms with E-state index in [1.165, 1.54) is 36.5 Å². The van der Waals surface area contributed by atoms with Gasteiger partial charge in [0.05, 0.1) is 22.8 Å². The number of aliphatic carboxylic acids is 1. The van der Waals surface area contributed by atoms with Crippen molar-refractivity contribution in [3.63, 3.8) is 0 Å². The molecule has 0 spiro atoms. The molecular weight excluding hydrogens is 547 g/mol. The lowest BCUT2D eigenvalue weighted by Gasteiger charge is -2.12. The van der Waals surface area contributed by atoms with Crippen LogP contribution >= 0.6 is 34.5 Å². The van der Waals surface area contributed by atoms with Crippen LogP contribution in [-0.2, 0) is 16.0 Å². The fourth-order valence-electron chi connectivity index (χ4n) is 3.69. The Bertz CT molecular complexity index is 1300. The highest BCUT2D eigenvalue weighted by Gasteiger charge is 2.17. The van der Waals surface area contributed by atoms with Crippen LogP contribution in [0.25, 0.3) is 17.3 Å². The summed E-state index contributed by atoms with van der Waals surface area (Å²) in [6.45, 7) is 5.06. The molecule has 7 nitrogen and oxygen atoms in total. The number of thiazole rings is 1. The molecule has 0 atom stereocenters. The second-order valence-electron chi connectivity index (χ2n) is 8.55. The maximum absolute atomic E-state index is 12.9. The number of nitrogens with zero attached hydrogens (tertiary/aromatic N) is 1. The number of carbonyl (C=O) groups excluding carboxylic acids is 1. The number of hydrogen-bond donors (Lipinski definition) is 2. The summed E-state index contributed by atoms with van der Waals surface area (Å²) in [6.07, 6.45) is 5.25. The van der Waals surface area contributed by atoms with Gasteiger partial charge in [-0.3, -0.25) is 10.1 Å². The van der Waals surface area contributed by atoms with Crippen molar-refractivity contribution in [1.29, 1.82) is 0 Å². The summed E-state index contributed by atoms with van der Waals surface area (Å²) >= 11 is 13.9. The minimum Gasteiger partial charge on any atom is -0.496 e. The first kappa shape index (κ1) is 29.6. The number of rotatable bonds is 13. The quantitative estimate of drug-likeness (QED) is 0.160. The van der Waals surface area contributed by atoms with Crippen LogP contribution in [0.4, 0.5) is 5.13 Å². The van der Waals surface area contributed by atoms with E-state index in [2.05, 4.69) is 17.2 Å². The first-order chi connectivity index (χ1) is 18.2. The number of carbonyl (C=O) groups is 2. The van der Waals surface area contributed by atoms with Gasteiger partial charge in [0.2, 0.25) is 0 Å². The summed E-state index contributed by atoms with van der Waals surface area (Å²) in [6, 6.07) is 8.82. The second-order valence-corrected chi connectivity index (χ2v) is 10.2. The number of para-hydroxylation sites is 1. The van der Waals surface area contributed by atoms with Crippen molar-refractivity contribution in [2.24, 2.45) is 0 Å². The van der Waals surface area contributed by atoms with E-state index in [1.54, 1.807) is 7.11 Å². The Kier molecular flexibility index (Phi) is 11.2. The first-order valence-corrected chi connectivity index (χ1v) is 13.8. The minimum absolute atomic E-state index is 0.0705. The van der Waals surface area contributed by atoms with Gasteiger partial charge < -0.3 is 14.6 Å². The number of aromatic nitrogens is 1. The SMILES string of the molecule is CCCCOCCCc1cccc(-c2csc(NC(=O)c3cc(Cl)c(C=C(C)C(=O)O)c(Cl)c3)n2)c1OC. The molecule has 0 aliphatic heterocycles. The van der Waals surface area contributed by atoms with Gasteiger partial charge in [0.15, 0.2) is 5.13 Å². The predicted octanol–water partition coefficient (Wildman–Crippen LogP) is 7.62. The van der Waals surface area contributed by atoms with Gasteiger partial charge in [-0.2, -0.15) is 0 Å². The van der Waals surface area contributed by atoms with Crippen molar-refractivity contribution in [1.82, 2.24) is 4.98 Å². The zero-order chi connectivity index (χ0) is 27.7. The number of halogens is 2. The average Bonchev–Trinajstić information content (AvgIpc) is 3.35. The molecule has 0 aliphatic carbocycles. The summed E-state index contributed by atoms with van der Waals surface area (Å²) in [5.41, 5.74) is 3.22. The van der Waals surface area contributed by atoms with Crippen molar-refractivity contribution in [2.75, 3.05) is 25.6 Å². The van der Waals surface area contributed by atoms with E-state index in [0.29, 0.717) is 23.0 Å². The Morgan fingerprint density at radius 2 is 1.87 bits per heavy atom. The van der Waals surface area contributed by atoms with Crippen molar-refractivity contribution < 1.29 is 24.2 Å². The van der Waals surface area contributed by atoms with Crippen molar-refractivity contribution in [2.45, 2.75) is 39.5 Å². The van der Waals surface area contributed by atoms with Gasteiger partial charge in [0.25, 0.3) is 5.91 Å². The average molecular weight is 578 g/mol. The molecule has 3 aromatic rings. The molecule has 0 unspecified atom stereocenters. The van der Waals surface area contributed by atoms with Gasteiger partial charge in [0.1, 0.15) is 5.75 Å². The number of nitrogens with one attached hydrogen (secondary N) is 1. The summed E-state index contributed by atoms with van der Waals surface area (Å²) in [7, 11) is 1.64. The molecule has 2 N–H and O–H groups in total. The normalized spacial score (nSPS) is 11.4. The molecule has 0 bridgehead atoms. The zero-order valence-electron chi connectivity index (χ0n) is 21.5. The molecular formula is C28H30Cl2N2O5S. The van der Waals surface area contributed by atoms with Crippen LogP contribution in [0.2, 0.25) is 10.0 Å². The molecule has 0 aliphatic rings. The molecule has 1 amide bonds. The fourth-order valence-corrected chi connectivity index (χ4v) is 5.00. The number of unbranched alkanes of at least 4 members (excludes halogenated alkanes) is 1. The Morgan fingerprint density at radius 3 is 2.53 bits per heavy atom. The summed E-state index contributed by atoms with van der Waals surface area (Å²) < 4.78 is 11.4. The van der Waals surface area contributed by atoms with Crippen LogP contribution in [-0.4, -0.2) is 42.3 Å². The summed E-state index contributed by atoms with van der Waals surface area (Å²) in [4.78, 5) is 28.6. The molecule has 0 fully saturated rings. The maximum atomic E-state index is 12.9. The highest BCUT2D eigenvalue weighted by atomic mass is 35.5. The molecule has 1 aromatic heterocycles. The van der Waals surface area contributed by atoms with E-state index in [0.717, 1.165) is 49.2 Å². The van der Waals surface area contributed by atoms with Crippen molar-refractivity contribution >= 4 is 57.6 Å². The Labute approximate surface area is 236 Å². The lowest BCUT2D eigenvalue weighted by molar-refractivity contribution is -0.132. The van der Waals surface area contributed by atoms with Crippen LogP contribution in [0.5, 0.6) is 5.75 Å². The number of hydrogen-bond acceptors (Lipinski definition) is 6. The number of aryl methyl sites for hydroxylation is 1. The molecule has 0 saturated carbocycles. The monoisotopic (exact) mass is 576 g/mol. The smallest absolute Gasteiger partial charge is 0.331 e. The van der Waals surface area contributed by atoms with E-state index in [4.69, 9.17) is 37.8 Å². The molecule has 0 saturated heterocycles. The highest BCUT2D eigenvalue weighted by Crippen LogP contribution is 2.36. The highest BCUT2D eigenvalue weighted by molar-refractivity contribution is 7.14. The van der Waals surface area contributed by atoms with Gasteiger partial charge >= 0.3 is 5.97 Å². The number of methoxy groups -OCH3 is 1. The van der Waals surface area contributed by atoms with Gasteiger partial charge in [-0.15, -0.1) is 11.3 Å². The lowest BCUT2D eigenvalue weighted by Crippen LogP contribution is -2.12. The van der Waals surface area contributed by atoms with Crippen LogP contribution in [0.1, 0.15) is 54.6 Å². The van der Waals surface area contributed by atoms with Gasteiger partial charge in [-0.25, -0.2) is 9.78 Å². The zero-order valence-corrected chi connectivity index (χ0v) is 23.8. The third-order valence-electron chi connectivity index (χ3n) is 5.72. The summed E-state index contributed by atoms with van der Waals surface area (Å²) in [5, 5.41) is 14.5. The maximum Gasteiger partial charge on any atom is 0.331 e. The largest absolute Gasteiger partial charge is 0.496 e. The van der Waals surface area contributed by atoms with E-state index < -0.39 is 11.9 Å². The van der Waals surface area contributed by atoms with Crippen molar-refractivity contribution in [3.05, 3.63) is 68.0 Å². The Hall–Kier alpha value is -2.91. The summed E-state index contributed by atoms with van der Waals surface area (Å²) in [5.74, 6) is -0.774. The fraction of sp³-hybridized carbons (Fsp3) is 0.321. The molecule has 1 heterocycles. The number of amides is 1. The molecule has 10 heteroatoms. The Morgan fingerprint density at radius 1 is 1.16 bits per heavy atom. The molecule has 0 radical (unpaired) electrons. The predicted molar refractivity (Wildman–Crippen MR) is 154 cm³/mol. The van der Waals surface area contributed by atoms with Crippen LogP contribution in [0.15, 0.2) is 41.3 Å².